The fourth-order valence-electron chi connectivity index (χ4n) is 3.06. The zero-order valence-corrected chi connectivity index (χ0v) is 14.7. The highest BCUT2D eigenvalue weighted by atomic mass is 16.1. The quantitative estimate of drug-likeness (QED) is 0.786. The summed E-state index contributed by atoms with van der Waals surface area (Å²) in [6, 6.07) is 17.2. The molecule has 3 rings (SSSR count). The summed E-state index contributed by atoms with van der Waals surface area (Å²) in [5.74, 6) is 0. The Kier molecular flexibility index (Phi) is 4.56. The van der Waals surface area contributed by atoms with Crippen LogP contribution in [0.2, 0.25) is 0 Å². The van der Waals surface area contributed by atoms with Gasteiger partial charge in [-0.05, 0) is 48.6 Å². The second-order valence-electron chi connectivity index (χ2n) is 6.53. The molecule has 0 radical (unpaired) electrons. The molecule has 26 heavy (non-hydrogen) atoms. The minimum atomic E-state index is -0.824. The summed E-state index contributed by atoms with van der Waals surface area (Å²) >= 11 is 0. The fourth-order valence-corrected chi connectivity index (χ4v) is 3.06. The maximum Gasteiger partial charge on any atom is 0.251 e. The van der Waals surface area contributed by atoms with Crippen LogP contribution in [0.25, 0.3) is 10.9 Å². The van der Waals surface area contributed by atoms with Crippen molar-refractivity contribution in [2.75, 3.05) is 0 Å². The molecule has 0 aliphatic rings. The van der Waals surface area contributed by atoms with Gasteiger partial charge in [-0.2, -0.15) is 10.5 Å². The third-order valence-electron chi connectivity index (χ3n) is 4.64. The average Bonchev–Trinajstić information content (AvgIpc) is 2.67. The first kappa shape index (κ1) is 17.4. The van der Waals surface area contributed by atoms with Gasteiger partial charge in [-0.1, -0.05) is 25.1 Å². The lowest BCUT2D eigenvalue weighted by atomic mass is 9.79. The van der Waals surface area contributed by atoms with Crippen LogP contribution in [0.4, 0.5) is 0 Å². The van der Waals surface area contributed by atoms with Crippen molar-refractivity contribution in [1.82, 2.24) is 9.97 Å². The van der Waals surface area contributed by atoms with Gasteiger partial charge < -0.3 is 4.98 Å². The summed E-state index contributed by atoms with van der Waals surface area (Å²) in [5.41, 5.74) is 2.35. The Bertz CT molecular complexity index is 1120. The molecule has 0 saturated carbocycles. The molecule has 0 fully saturated rings. The Labute approximate surface area is 151 Å². The number of nitrogens with zero attached hydrogens (tertiary/aromatic N) is 3. The van der Waals surface area contributed by atoms with Gasteiger partial charge in [0.15, 0.2) is 0 Å². The van der Waals surface area contributed by atoms with Gasteiger partial charge in [-0.25, -0.2) is 4.98 Å². The van der Waals surface area contributed by atoms with Crippen LogP contribution < -0.4 is 5.56 Å². The van der Waals surface area contributed by atoms with Crippen molar-refractivity contribution in [3.05, 3.63) is 75.3 Å². The largest absolute Gasteiger partial charge is 0.322 e. The first-order valence-corrected chi connectivity index (χ1v) is 8.43. The van der Waals surface area contributed by atoms with E-state index in [2.05, 4.69) is 16.0 Å². The lowest BCUT2D eigenvalue weighted by Gasteiger charge is -2.22. The minimum Gasteiger partial charge on any atom is -0.322 e. The molecular formula is C21H18N4O. The summed E-state index contributed by atoms with van der Waals surface area (Å²) in [7, 11) is 0. The molecule has 0 aliphatic heterocycles. The van der Waals surface area contributed by atoms with Crippen LogP contribution >= 0.6 is 0 Å². The zero-order chi connectivity index (χ0) is 18.7. The molecule has 0 amide bonds. The van der Waals surface area contributed by atoms with E-state index in [1.807, 2.05) is 50.2 Å². The Morgan fingerprint density at radius 1 is 1.19 bits per heavy atom. The molecular weight excluding hydrogens is 324 g/mol. The van der Waals surface area contributed by atoms with Crippen LogP contribution in [0.3, 0.4) is 0 Å². The van der Waals surface area contributed by atoms with Gasteiger partial charge in [0.2, 0.25) is 0 Å². The summed E-state index contributed by atoms with van der Waals surface area (Å²) in [6.07, 6.45) is 1.05. The van der Waals surface area contributed by atoms with E-state index in [9.17, 15) is 10.1 Å². The molecule has 3 aromatic rings. The van der Waals surface area contributed by atoms with Crippen molar-refractivity contribution in [3.63, 3.8) is 0 Å². The highest BCUT2D eigenvalue weighted by Crippen LogP contribution is 2.29. The van der Waals surface area contributed by atoms with Crippen molar-refractivity contribution in [1.29, 1.82) is 10.5 Å². The van der Waals surface area contributed by atoms with E-state index in [1.54, 1.807) is 12.1 Å². The number of H-pyrrole nitrogens is 1. The molecule has 1 atom stereocenters. The number of benzene rings is 1. The maximum atomic E-state index is 12.1. The third-order valence-corrected chi connectivity index (χ3v) is 4.64. The van der Waals surface area contributed by atoms with E-state index in [1.165, 1.54) is 0 Å². The van der Waals surface area contributed by atoms with E-state index in [0.29, 0.717) is 29.7 Å². The van der Waals surface area contributed by atoms with Crippen molar-refractivity contribution in [2.24, 2.45) is 0 Å². The summed E-state index contributed by atoms with van der Waals surface area (Å²) in [5, 5.41) is 19.8. The van der Waals surface area contributed by atoms with E-state index < -0.39 is 5.41 Å². The number of aromatic nitrogens is 2. The Morgan fingerprint density at radius 3 is 2.69 bits per heavy atom. The van der Waals surface area contributed by atoms with Crippen LogP contribution in [0.1, 0.15) is 36.4 Å². The summed E-state index contributed by atoms with van der Waals surface area (Å²) < 4.78 is 0. The second-order valence-corrected chi connectivity index (χ2v) is 6.53. The predicted octanol–water partition coefficient (Wildman–Crippen LogP) is 3.38. The zero-order valence-electron chi connectivity index (χ0n) is 14.7. The topological polar surface area (TPSA) is 93.3 Å². The number of nitriles is 2. The normalized spacial score (nSPS) is 12.9. The lowest BCUT2D eigenvalue weighted by Crippen LogP contribution is -2.24. The van der Waals surface area contributed by atoms with Crippen molar-refractivity contribution >= 4 is 10.9 Å². The Hall–Kier alpha value is -3.44. The molecule has 1 N–H and O–H groups in total. The number of rotatable bonds is 4. The first-order valence-electron chi connectivity index (χ1n) is 8.43. The molecule has 1 unspecified atom stereocenters. The lowest BCUT2D eigenvalue weighted by molar-refractivity contribution is 0.597. The number of aryl methyl sites for hydroxylation is 1. The molecule has 0 bridgehead atoms. The van der Waals surface area contributed by atoms with Gasteiger partial charge in [0.25, 0.3) is 5.56 Å². The number of hydrogen-bond donors (Lipinski definition) is 1. The first-order chi connectivity index (χ1) is 12.5. The van der Waals surface area contributed by atoms with Crippen molar-refractivity contribution < 1.29 is 0 Å². The molecule has 1 aromatic carbocycles. The van der Waals surface area contributed by atoms with Gasteiger partial charge in [-0.3, -0.25) is 4.79 Å². The minimum absolute atomic E-state index is 0.0980. The van der Waals surface area contributed by atoms with Crippen LogP contribution in [0, 0.1) is 22.7 Å². The smallest absolute Gasteiger partial charge is 0.251 e. The van der Waals surface area contributed by atoms with Crippen LogP contribution in [0.15, 0.2) is 47.3 Å². The summed E-state index contributed by atoms with van der Waals surface area (Å²) in [6.45, 7) is 3.79. The van der Waals surface area contributed by atoms with Crippen LogP contribution in [-0.2, 0) is 18.3 Å². The summed E-state index contributed by atoms with van der Waals surface area (Å²) in [4.78, 5) is 19.3. The third kappa shape index (κ3) is 3.20. The van der Waals surface area contributed by atoms with Gasteiger partial charge in [-0.15, -0.1) is 0 Å². The molecule has 0 saturated heterocycles. The van der Waals surface area contributed by atoms with Gasteiger partial charge in [0.1, 0.15) is 11.8 Å². The van der Waals surface area contributed by atoms with Crippen molar-refractivity contribution in [3.8, 4) is 12.1 Å². The fraction of sp³-hybridized carbons (Fsp3) is 0.238. The molecule has 128 valence electrons. The molecule has 5 nitrogen and oxygen atoms in total. The highest BCUT2D eigenvalue weighted by molar-refractivity contribution is 5.80. The highest BCUT2D eigenvalue weighted by Gasteiger charge is 2.28. The SMILES string of the molecule is CCc1cc2ccc(C(C)(C#N)Cc3cccc(C#N)n3)cc2[nH]c1=O. The van der Waals surface area contributed by atoms with E-state index in [0.717, 1.165) is 16.5 Å². The van der Waals surface area contributed by atoms with E-state index >= 15 is 0 Å². The molecule has 2 aromatic heterocycles. The van der Waals surface area contributed by atoms with Gasteiger partial charge in [0, 0.05) is 23.2 Å². The number of aromatic amines is 1. The molecule has 2 heterocycles. The van der Waals surface area contributed by atoms with Crippen LogP contribution in [-0.4, -0.2) is 9.97 Å². The average molecular weight is 342 g/mol. The number of fused-ring (bicyclic) bond motifs is 1. The Morgan fingerprint density at radius 2 is 2.00 bits per heavy atom. The van der Waals surface area contributed by atoms with E-state index in [4.69, 9.17) is 5.26 Å². The standard InChI is InChI=1S/C21H18N4O/c1-3-14-9-15-7-8-16(10-19(15)25-20(14)26)21(2,13-23)11-17-5-4-6-18(12-22)24-17/h4-10H,3,11H2,1-2H3,(H,25,26). The second kappa shape index (κ2) is 6.82. The predicted molar refractivity (Wildman–Crippen MR) is 99.6 cm³/mol. The monoisotopic (exact) mass is 342 g/mol. The number of hydrogen-bond acceptors (Lipinski definition) is 4. The molecule has 0 spiro atoms. The molecule has 0 aliphatic carbocycles. The van der Waals surface area contributed by atoms with E-state index in [-0.39, 0.29) is 5.56 Å². The van der Waals surface area contributed by atoms with Gasteiger partial charge >= 0.3 is 0 Å². The number of pyridine rings is 2. The van der Waals surface area contributed by atoms with Crippen LogP contribution in [0.5, 0.6) is 0 Å². The Balaban J connectivity index is 2.05. The molecule has 5 heteroatoms. The van der Waals surface area contributed by atoms with Crippen molar-refractivity contribution in [2.45, 2.75) is 32.1 Å². The number of nitrogens with one attached hydrogen (secondary N) is 1. The maximum absolute atomic E-state index is 12.1. The van der Waals surface area contributed by atoms with Gasteiger partial charge in [0.05, 0.1) is 11.5 Å².